The van der Waals surface area contributed by atoms with Crippen LogP contribution in [-0.4, -0.2) is 91.8 Å². The Morgan fingerprint density at radius 3 is 2.29 bits per heavy atom. The van der Waals surface area contributed by atoms with Crippen molar-refractivity contribution in [1.29, 1.82) is 0 Å². The Morgan fingerprint density at radius 1 is 0.881 bits per heavy atom. The maximum Gasteiger partial charge on any atom is 0.275 e. The van der Waals surface area contributed by atoms with Gasteiger partial charge in [0, 0.05) is 45.5 Å². The van der Waals surface area contributed by atoms with E-state index in [4.69, 9.17) is 26.2 Å². The number of methoxy groups -OCH3 is 1. The Morgan fingerprint density at radius 2 is 1.58 bits per heavy atom. The summed E-state index contributed by atoms with van der Waals surface area (Å²) in [5.74, 6) is -1.66. The second-order valence-electron chi connectivity index (χ2n) is 14.8. The molecule has 4 aromatic carbocycles. The number of carbonyl (C=O) groups excluding carboxylic acids is 3. The van der Waals surface area contributed by atoms with Crippen molar-refractivity contribution in [3.05, 3.63) is 124 Å². The molecule has 0 saturated carbocycles. The van der Waals surface area contributed by atoms with Gasteiger partial charge in [0.05, 0.1) is 39.5 Å². The van der Waals surface area contributed by atoms with Crippen LogP contribution in [0.5, 0.6) is 0 Å². The number of fused-ring (bicyclic) bond motifs is 2. The van der Waals surface area contributed by atoms with Gasteiger partial charge in [-0.2, -0.15) is 5.10 Å². The molecule has 1 atom stereocenters. The highest BCUT2D eigenvalue weighted by Crippen LogP contribution is 2.31. The second-order valence-corrected chi connectivity index (χ2v) is 16.9. The summed E-state index contributed by atoms with van der Waals surface area (Å²) in [7, 11) is -2.68. The van der Waals surface area contributed by atoms with E-state index in [1.54, 1.807) is 42.0 Å². The van der Waals surface area contributed by atoms with Crippen molar-refractivity contribution < 1.29 is 32.3 Å². The Balaban J connectivity index is 1.41. The predicted octanol–water partition coefficient (Wildman–Crippen LogP) is 7.77. The molecule has 0 fully saturated rings. The van der Waals surface area contributed by atoms with E-state index >= 15 is 4.79 Å². The van der Waals surface area contributed by atoms with Gasteiger partial charge in [-0.05, 0) is 84.8 Å². The minimum Gasteiger partial charge on any atom is -0.385 e. The number of amides is 3. The van der Waals surface area contributed by atoms with Crippen LogP contribution in [0.3, 0.4) is 0 Å². The van der Waals surface area contributed by atoms with Gasteiger partial charge in [-0.1, -0.05) is 92.9 Å². The lowest BCUT2D eigenvalue weighted by molar-refractivity contribution is 0.0323. The molecule has 2 heterocycles. The summed E-state index contributed by atoms with van der Waals surface area (Å²) >= 11 is 6.89. The van der Waals surface area contributed by atoms with Gasteiger partial charge in [-0.25, -0.2) is 17.8 Å². The van der Waals surface area contributed by atoms with Crippen molar-refractivity contribution in [1.82, 2.24) is 24.3 Å². The van der Waals surface area contributed by atoms with Crippen LogP contribution in [0.25, 0.3) is 16.5 Å². The summed E-state index contributed by atoms with van der Waals surface area (Å²) < 4.78 is 42.1. The van der Waals surface area contributed by atoms with Crippen molar-refractivity contribution >= 4 is 50.1 Å². The van der Waals surface area contributed by atoms with Crippen molar-refractivity contribution in [2.45, 2.75) is 76.8 Å². The molecule has 0 spiro atoms. The Hall–Kier alpha value is -5.08. The molecule has 0 unspecified atom stereocenters. The van der Waals surface area contributed by atoms with E-state index in [2.05, 4.69) is 18.6 Å². The number of carbonyl (C=O) groups is 3. The van der Waals surface area contributed by atoms with E-state index in [0.29, 0.717) is 50.2 Å². The molecule has 1 aromatic heterocycles. The molecule has 1 aliphatic rings. The number of rotatable bonds is 18. The first-order valence-corrected chi connectivity index (χ1v) is 22.0. The summed E-state index contributed by atoms with van der Waals surface area (Å²) in [6, 6.07) is 23.8. The molecule has 0 aliphatic carbocycles. The number of nitrogens with zero attached hydrogens (tertiary/aromatic N) is 4. The van der Waals surface area contributed by atoms with E-state index in [1.807, 2.05) is 36.4 Å². The molecule has 5 aromatic rings. The van der Waals surface area contributed by atoms with Crippen LogP contribution < -0.4 is 4.72 Å². The number of halogens is 1. The van der Waals surface area contributed by atoms with Gasteiger partial charge in [0.15, 0.2) is 5.69 Å². The fourth-order valence-electron chi connectivity index (χ4n) is 7.28. The Bertz CT molecular complexity index is 2410. The first-order chi connectivity index (χ1) is 28.5. The number of benzene rings is 4. The van der Waals surface area contributed by atoms with E-state index in [9.17, 15) is 18.0 Å². The molecule has 6 rings (SSSR count). The molecule has 12 nitrogen and oxygen atoms in total. The molecule has 0 saturated heterocycles. The summed E-state index contributed by atoms with van der Waals surface area (Å²) in [6.07, 6.45) is 4.68. The van der Waals surface area contributed by atoms with E-state index in [-0.39, 0.29) is 57.5 Å². The van der Waals surface area contributed by atoms with Gasteiger partial charge in [0.2, 0.25) is 0 Å². The number of nitrogens with one attached hydrogen (secondary N) is 1. The summed E-state index contributed by atoms with van der Waals surface area (Å²) in [5, 5.41) is 6.43. The zero-order valence-corrected chi connectivity index (χ0v) is 35.7. The van der Waals surface area contributed by atoms with Gasteiger partial charge in [0.1, 0.15) is 0 Å². The number of ether oxygens (including phenoxy) is 2. The maximum atomic E-state index is 15.1. The summed E-state index contributed by atoms with van der Waals surface area (Å²) in [6.45, 7) is 8.44. The van der Waals surface area contributed by atoms with E-state index < -0.39 is 21.8 Å². The molecule has 1 aliphatic heterocycles. The van der Waals surface area contributed by atoms with Crippen molar-refractivity contribution in [2.24, 2.45) is 0 Å². The lowest BCUT2D eigenvalue weighted by Crippen LogP contribution is -2.47. The normalized spacial score (nSPS) is 14.0. The first-order valence-electron chi connectivity index (χ1n) is 20.2. The first kappa shape index (κ1) is 43.5. The quantitative estimate of drug-likeness (QED) is 0.0884. The van der Waals surface area contributed by atoms with Gasteiger partial charge < -0.3 is 19.3 Å². The lowest BCUT2D eigenvalue weighted by Gasteiger charge is -2.37. The number of sulfonamides is 1. The monoisotopic (exact) mass is 841 g/mol. The van der Waals surface area contributed by atoms with Crippen LogP contribution in [0.4, 0.5) is 0 Å². The Labute approximate surface area is 351 Å². The molecule has 312 valence electrons. The third kappa shape index (κ3) is 10.0. The number of hydrogen-bond donors (Lipinski definition) is 1. The van der Waals surface area contributed by atoms with Gasteiger partial charge in [-0.15, -0.1) is 0 Å². The highest BCUT2D eigenvalue weighted by molar-refractivity contribution is 7.90. The predicted molar refractivity (Wildman–Crippen MR) is 229 cm³/mol. The smallest absolute Gasteiger partial charge is 0.275 e. The second kappa shape index (κ2) is 19.8. The van der Waals surface area contributed by atoms with Crippen LogP contribution in [-0.2, 0) is 32.5 Å². The van der Waals surface area contributed by atoms with Crippen LogP contribution in [0, 0.1) is 6.92 Å². The zero-order valence-electron chi connectivity index (χ0n) is 34.1. The number of hydrogen-bond acceptors (Lipinski definition) is 8. The topological polar surface area (TPSA) is 140 Å². The Kier molecular flexibility index (Phi) is 14.6. The minimum absolute atomic E-state index is 0.0623. The molecule has 3 amide bonds. The van der Waals surface area contributed by atoms with Crippen molar-refractivity contribution in [3.8, 4) is 5.69 Å². The fourth-order valence-corrected chi connectivity index (χ4v) is 8.49. The van der Waals surface area contributed by atoms with E-state index in [0.717, 1.165) is 42.2 Å². The van der Waals surface area contributed by atoms with Crippen LogP contribution >= 0.6 is 11.6 Å². The summed E-state index contributed by atoms with van der Waals surface area (Å²) in [4.78, 5) is 46.4. The third-order valence-electron chi connectivity index (χ3n) is 10.6. The zero-order chi connectivity index (χ0) is 42.1. The number of unbranched alkanes of at least 4 members (excludes halogenated alkanes) is 2. The molecule has 0 bridgehead atoms. The third-order valence-corrected chi connectivity index (χ3v) is 12.4. The summed E-state index contributed by atoms with van der Waals surface area (Å²) in [5.41, 5.74) is 2.83. The standard InChI is InChI=1S/C45H52ClN5O7S/c1-5-7-22-49(23-8-6-2)45(54)42-41(46)31(3)51(47-42)40-21-19-35(43(52)48-59(55,56)38-20-18-32-14-9-10-16-34(32)27-38)28-39(40)44(53)50-29-36-17-12-11-15-33(36)26-37(50)30-58-25-13-24-57-4/h9-12,14-21,27-28,37H,5-8,13,22-26,29-30H2,1-4H3,(H,48,52)/t37-/m0/s1. The highest BCUT2D eigenvalue weighted by Gasteiger charge is 2.34. The van der Waals surface area contributed by atoms with E-state index in [1.165, 1.54) is 35.0 Å². The SMILES string of the molecule is CCCCN(CCCC)C(=O)c1nn(-c2ccc(C(=O)NS(=O)(=O)c3ccc4ccccc4c3)cc2C(=O)N2Cc3ccccc3C[C@H]2COCCCOC)c(C)c1Cl. The highest BCUT2D eigenvalue weighted by atomic mass is 35.5. The largest absolute Gasteiger partial charge is 0.385 e. The fraction of sp³-hybridized carbons (Fsp3) is 0.378. The molecular weight excluding hydrogens is 790 g/mol. The molecule has 59 heavy (non-hydrogen) atoms. The molecule has 0 radical (unpaired) electrons. The average Bonchev–Trinajstić information content (AvgIpc) is 3.54. The number of aromatic nitrogens is 2. The van der Waals surface area contributed by atoms with Gasteiger partial charge in [0.25, 0.3) is 27.7 Å². The minimum atomic E-state index is -4.31. The van der Waals surface area contributed by atoms with Crippen LogP contribution in [0.1, 0.15) is 94.0 Å². The molecule has 1 N–H and O–H groups in total. The van der Waals surface area contributed by atoms with Gasteiger partial charge in [-0.3, -0.25) is 14.4 Å². The van der Waals surface area contributed by atoms with Gasteiger partial charge >= 0.3 is 0 Å². The van der Waals surface area contributed by atoms with Crippen molar-refractivity contribution in [3.63, 3.8) is 0 Å². The maximum absolute atomic E-state index is 15.1. The average molecular weight is 842 g/mol. The van der Waals surface area contributed by atoms with Crippen molar-refractivity contribution in [2.75, 3.05) is 40.0 Å². The van der Waals surface area contributed by atoms with Crippen LogP contribution in [0.2, 0.25) is 5.02 Å². The molecule has 14 heteroatoms. The molecular formula is C45H52ClN5O7S. The van der Waals surface area contributed by atoms with Crippen LogP contribution in [0.15, 0.2) is 89.8 Å². The lowest BCUT2D eigenvalue weighted by atomic mass is 9.93.